The van der Waals surface area contributed by atoms with Crippen molar-refractivity contribution in [3.8, 4) is 0 Å². The van der Waals surface area contributed by atoms with Crippen LogP contribution in [0.25, 0.3) is 0 Å². The topological polar surface area (TPSA) is 356 Å². The van der Waals surface area contributed by atoms with Gasteiger partial charge in [0, 0.05) is 89.6 Å². The molecule has 27 heteroatoms. The minimum Gasteiger partial charge on any atom is -0.445 e. The molecular formula is C71H107N7O20. The lowest BCUT2D eigenvalue weighted by molar-refractivity contribution is -0.271. The lowest BCUT2D eigenvalue weighted by atomic mass is 9.87. The number of carbonyl (C=O) groups is 9. The third kappa shape index (κ3) is 22.5. The second-order valence-electron chi connectivity index (χ2n) is 28.1. The molecule has 1 aromatic rings. The number of amides is 8. The molecule has 8 N–H and O–H groups in total. The maximum atomic E-state index is 13.9. The van der Waals surface area contributed by atoms with E-state index in [4.69, 9.17) is 53.2 Å². The fourth-order valence-electron chi connectivity index (χ4n) is 14.4. The van der Waals surface area contributed by atoms with Crippen LogP contribution >= 0.6 is 0 Å². The quantitative estimate of drug-likeness (QED) is 0.0210. The highest BCUT2D eigenvalue weighted by molar-refractivity contribution is 6.01. The van der Waals surface area contributed by atoms with Crippen molar-refractivity contribution in [2.24, 2.45) is 23.5 Å². The van der Waals surface area contributed by atoms with Gasteiger partial charge in [-0.3, -0.25) is 28.8 Å². The number of nitrogens with zero attached hydrogens (tertiary/aromatic N) is 1. The summed E-state index contributed by atoms with van der Waals surface area (Å²) < 4.78 is 57.5. The van der Waals surface area contributed by atoms with E-state index in [1.807, 2.05) is 6.92 Å². The molecule has 7 saturated heterocycles. The lowest BCUT2D eigenvalue weighted by Crippen LogP contribution is -2.54. The number of nitrogens with one attached hydrogen (secondary N) is 5. The number of alkyl carbamates (subject to hydrolysis) is 1. The van der Waals surface area contributed by atoms with Crippen LogP contribution in [0.15, 0.2) is 48.6 Å². The van der Waals surface area contributed by atoms with Crippen LogP contribution in [0.3, 0.4) is 0 Å². The first-order valence-electron chi connectivity index (χ1n) is 35.4. The summed E-state index contributed by atoms with van der Waals surface area (Å²) in [6.07, 6.45) is 5.59. The minimum atomic E-state index is -1.10. The molecule has 2 bridgehead atoms. The molecule has 0 saturated carbocycles. The average molecular weight is 1380 g/mol. The van der Waals surface area contributed by atoms with Crippen molar-refractivity contribution in [2.75, 3.05) is 32.1 Å². The normalized spacial score (nSPS) is 30.3. The van der Waals surface area contributed by atoms with Gasteiger partial charge in [-0.1, -0.05) is 52.5 Å². The first kappa shape index (κ1) is 77.3. The molecule has 7 aliphatic heterocycles. The zero-order valence-corrected chi connectivity index (χ0v) is 58.2. The number of benzene rings is 1. The second-order valence-corrected chi connectivity index (χ2v) is 28.1. The molecule has 7 heterocycles. The van der Waals surface area contributed by atoms with Crippen molar-refractivity contribution < 1.29 is 95.7 Å². The Morgan fingerprint density at radius 1 is 0.796 bits per heavy atom. The maximum Gasteiger partial charge on any atom is 0.407 e. The summed E-state index contributed by atoms with van der Waals surface area (Å²) in [6, 6.07) is 3.55. The van der Waals surface area contributed by atoms with E-state index >= 15 is 0 Å². The Kier molecular flexibility index (Phi) is 29.0. The molecule has 98 heavy (non-hydrogen) atoms. The number of anilines is 1. The largest absolute Gasteiger partial charge is 0.445 e. The highest BCUT2D eigenvalue weighted by Gasteiger charge is 2.51. The summed E-state index contributed by atoms with van der Waals surface area (Å²) in [7, 11) is 1.55. The number of ketones is 1. The van der Waals surface area contributed by atoms with Gasteiger partial charge in [0.2, 0.25) is 17.7 Å². The Morgan fingerprint density at radius 3 is 2.26 bits per heavy atom. The molecule has 18 atom stereocenters. The number of primary amides is 1. The van der Waals surface area contributed by atoms with Crippen molar-refractivity contribution in [3.05, 3.63) is 54.1 Å². The number of ether oxygens (including phenoxy) is 9. The van der Waals surface area contributed by atoms with Gasteiger partial charge >= 0.3 is 18.1 Å². The molecule has 0 radical (unpaired) electrons. The predicted molar refractivity (Wildman–Crippen MR) is 356 cm³/mol. The van der Waals surface area contributed by atoms with Crippen LogP contribution in [0.2, 0.25) is 0 Å². The monoisotopic (exact) mass is 1380 g/mol. The third-order valence-corrected chi connectivity index (χ3v) is 20.0. The first-order chi connectivity index (χ1) is 46.7. The number of Topliss-reactive ketones (excluding diaryl/α,β-unsaturated/α-hetero) is 1. The van der Waals surface area contributed by atoms with Crippen molar-refractivity contribution in [2.45, 2.75) is 287 Å². The predicted octanol–water partition coefficient (Wildman–Crippen LogP) is 6.87. The van der Waals surface area contributed by atoms with Gasteiger partial charge in [-0.25, -0.2) is 14.4 Å². The minimum absolute atomic E-state index is 0.00460. The molecule has 0 aliphatic carbocycles. The number of hydrogen-bond acceptors (Lipinski definition) is 20. The highest BCUT2D eigenvalue weighted by Crippen LogP contribution is 2.44. The van der Waals surface area contributed by atoms with Crippen LogP contribution in [-0.2, 0) is 87.6 Å². The van der Waals surface area contributed by atoms with Gasteiger partial charge in [0.25, 0.3) is 11.8 Å². The van der Waals surface area contributed by atoms with Gasteiger partial charge in [0.05, 0.1) is 79.9 Å². The number of unbranched alkanes of at least 4 members (excludes halogenated alkanes) is 2. The highest BCUT2D eigenvalue weighted by atomic mass is 16.7. The summed E-state index contributed by atoms with van der Waals surface area (Å²) in [4.78, 5) is 119. The summed E-state index contributed by atoms with van der Waals surface area (Å²) in [5.74, 6) is -4.52. The van der Waals surface area contributed by atoms with E-state index in [0.29, 0.717) is 60.8 Å². The number of aliphatic hydroxyl groups excluding tert-OH is 1. The van der Waals surface area contributed by atoms with Gasteiger partial charge in [0.1, 0.15) is 30.6 Å². The Morgan fingerprint density at radius 2 is 1.54 bits per heavy atom. The lowest BCUT2D eigenvalue weighted by Gasteiger charge is -2.41. The van der Waals surface area contributed by atoms with Crippen LogP contribution < -0.4 is 32.3 Å². The van der Waals surface area contributed by atoms with E-state index in [1.54, 1.807) is 45.2 Å². The zero-order chi connectivity index (χ0) is 70.8. The zero-order valence-electron chi connectivity index (χ0n) is 58.2. The number of carbonyl (C=O) groups excluding carboxylic acids is 9. The third-order valence-electron chi connectivity index (χ3n) is 20.0. The van der Waals surface area contributed by atoms with Gasteiger partial charge in [-0.05, 0) is 138 Å². The molecule has 7 fully saturated rings. The van der Waals surface area contributed by atoms with E-state index in [0.717, 1.165) is 56.1 Å². The SMILES string of the molecule is C=C1CC(CC[C@]23CCC(O2)C(C)OC2CCC(CC(=O)CC4CO[C@H](CC(O)CNC(=O)OCc5ccc(NC(=O)C(CCCNC(N)=O)NC(=O)[C@@H](NC(=O)CCCCCC(=O)ON6C(=O)CCC6=O)C(C)C)cc5)[C@@H]4OC)O[C@@H]2C(C)O3)O[C@H]1CCC1C[C@@H](C)C(=C)[C@@H](C)O1. The molecule has 8 rings (SSSR count). The summed E-state index contributed by atoms with van der Waals surface area (Å²) in [5.41, 5.74) is 8.45. The van der Waals surface area contributed by atoms with E-state index in [2.05, 4.69) is 60.5 Å². The Hall–Kier alpha value is -6.43. The average Bonchev–Trinajstić information content (AvgIpc) is 1.60. The molecule has 546 valence electrons. The molecule has 8 amide bonds. The van der Waals surface area contributed by atoms with Gasteiger partial charge < -0.3 is 84.9 Å². The fraction of sp³-hybridized carbons (Fsp3) is 0.732. The number of hydroxylamine groups is 2. The van der Waals surface area contributed by atoms with Gasteiger partial charge in [-0.15, -0.1) is 5.06 Å². The standard InChI is InChI=1S/C71H107N7O20/c1-40(2)64(77-60(81)15-11-10-12-16-63(84)98-78-61(82)25-26-62(78)83)68(86)76-55(14-13-31-73-69(72)87)67(85)75-49-19-17-47(18-20-49)38-91-70(88)74-37-51(80)36-59-66(89-9)48(39-90-59)34-50(79)35-53-22-24-58-65(95-53)46(8)96-71(30-28-57(97-71)45(7)93-58)29-27-54-33-42(4)56(94-54)23-21-52-32-41(3)43(5)44(6)92-52/h17-20,40-41,44-46,48,51-59,64-66,80H,4-5,10-16,21-39H2,1-3,6-9H3,(H,74,88)(H,75,85)(H,76,86)(H,77,81)(H3,72,73,87)/t41-,44-,45?,46?,48?,51?,52?,53?,54?,55?,56+,57?,58?,59-,64+,65-,66-,71-/m1/s1. The second kappa shape index (κ2) is 36.8. The van der Waals surface area contributed by atoms with Crippen LogP contribution in [0.4, 0.5) is 15.3 Å². The van der Waals surface area contributed by atoms with E-state index in [9.17, 15) is 48.3 Å². The number of hydrogen-bond donors (Lipinski definition) is 7. The number of aliphatic hydroxyl groups is 1. The molecule has 27 nitrogen and oxygen atoms in total. The number of fused-ring (bicyclic) bond motifs is 3. The van der Waals surface area contributed by atoms with Crippen LogP contribution in [0.5, 0.6) is 0 Å². The number of nitrogens with two attached hydrogens (primary N) is 1. The molecular weight excluding hydrogens is 1270 g/mol. The molecule has 0 aromatic heterocycles. The smallest absolute Gasteiger partial charge is 0.407 e. The Balaban J connectivity index is 0.725. The van der Waals surface area contributed by atoms with Crippen molar-refractivity contribution in [1.29, 1.82) is 0 Å². The van der Waals surface area contributed by atoms with E-state index < -0.39 is 89.9 Å². The molecule has 10 unspecified atom stereocenters. The molecule has 7 aliphatic rings. The van der Waals surface area contributed by atoms with Crippen LogP contribution in [-0.4, -0.2) is 188 Å². The first-order valence-corrected chi connectivity index (χ1v) is 35.4. The Labute approximate surface area is 575 Å². The van der Waals surface area contributed by atoms with Crippen LogP contribution in [0.1, 0.15) is 188 Å². The number of rotatable bonds is 34. The molecule has 1 aromatic carbocycles. The number of imide groups is 1. The number of methoxy groups -OCH3 is 1. The van der Waals surface area contributed by atoms with Gasteiger partial charge in [0.15, 0.2) is 5.79 Å². The maximum absolute atomic E-state index is 13.9. The van der Waals surface area contributed by atoms with Crippen LogP contribution in [0, 0.1) is 17.8 Å². The summed E-state index contributed by atoms with van der Waals surface area (Å²) >= 11 is 0. The molecule has 0 spiro atoms. The summed E-state index contributed by atoms with van der Waals surface area (Å²) in [6.45, 7) is 20.6. The van der Waals surface area contributed by atoms with Crippen molar-refractivity contribution in [3.63, 3.8) is 0 Å². The van der Waals surface area contributed by atoms with Gasteiger partial charge in [-0.2, -0.15) is 0 Å². The summed E-state index contributed by atoms with van der Waals surface area (Å²) in [5, 5.41) is 24.8. The number of urea groups is 1. The van der Waals surface area contributed by atoms with E-state index in [1.165, 1.54) is 0 Å². The Bertz CT molecular complexity index is 2900. The fourth-order valence-corrected chi connectivity index (χ4v) is 14.4. The van der Waals surface area contributed by atoms with Crippen molar-refractivity contribution in [1.82, 2.24) is 26.3 Å². The van der Waals surface area contributed by atoms with Crippen molar-refractivity contribution >= 4 is 59.1 Å². The van der Waals surface area contributed by atoms with E-state index in [-0.39, 0.29) is 157 Å².